The second-order valence-corrected chi connectivity index (χ2v) is 4.30. The van der Waals surface area contributed by atoms with Gasteiger partial charge in [0.05, 0.1) is 0 Å². The molecule has 0 unspecified atom stereocenters. The summed E-state index contributed by atoms with van der Waals surface area (Å²) in [5.74, 6) is -0.745. The summed E-state index contributed by atoms with van der Waals surface area (Å²) in [6.07, 6.45) is 12.1. The van der Waals surface area contributed by atoms with Gasteiger partial charge in [-0.15, -0.1) is 0 Å². The molecule has 0 aliphatic heterocycles. The lowest BCUT2D eigenvalue weighted by Gasteiger charge is -1.99. The molecule has 104 valence electrons. The molecule has 2 N–H and O–H groups in total. The summed E-state index contributed by atoms with van der Waals surface area (Å²) in [5.41, 5.74) is 0. The number of hydrogen-bond acceptors (Lipinski definition) is 2. The maximum absolute atomic E-state index is 9.37. The molecule has 0 aliphatic rings. The molecule has 3 heteroatoms. The Kier molecular flexibility index (Phi) is 19.7. The highest BCUT2D eigenvalue weighted by molar-refractivity contribution is 5.66. The SMILES string of the molecule is CCC(=O)O.CCCCCCCCCCCO. The molecule has 0 amide bonds. The van der Waals surface area contributed by atoms with Crippen molar-refractivity contribution >= 4 is 5.97 Å². The number of aliphatic hydroxyl groups excluding tert-OH is 1. The molecule has 17 heavy (non-hydrogen) atoms. The fourth-order valence-corrected chi connectivity index (χ4v) is 1.42. The van der Waals surface area contributed by atoms with Gasteiger partial charge in [0.2, 0.25) is 0 Å². The van der Waals surface area contributed by atoms with Gasteiger partial charge in [0, 0.05) is 13.0 Å². The maximum Gasteiger partial charge on any atom is 0.303 e. The Hall–Kier alpha value is -0.570. The Morgan fingerprint density at radius 3 is 1.47 bits per heavy atom. The normalized spacial score (nSPS) is 9.59. The Morgan fingerprint density at radius 2 is 1.18 bits per heavy atom. The molecular formula is C14H30O3. The fourth-order valence-electron chi connectivity index (χ4n) is 1.42. The van der Waals surface area contributed by atoms with Gasteiger partial charge in [0.25, 0.3) is 0 Å². The first-order chi connectivity index (χ1) is 8.18. The van der Waals surface area contributed by atoms with Gasteiger partial charge in [-0.3, -0.25) is 4.79 Å². The maximum atomic E-state index is 9.37. The first-order valence-electron chi connectivity index (χ1n) is 7.01. The molecule has 0 aromatic rings. The largest absolute Gasteiger partial charge is 0.481 e. The Bertz CT molecular complexity index is 136. The van der Waals surface area contributed by atoms with Crippen LogP contribution in [0.25, 0.3) is 0 Å². The lowest BCUT2D eigenvalue weighted by molar-refractivity contribution is -0.136. The Morgan fingerprint density at radius 1 is 0.824 bits per heavy atom. The van der Waals surface area contributed by atoms with Crippen molar-refractivity contribution in [2.45, 2.75) is 78.1 Å². The van der Waals surface area contributed by atoms with Crippen LogP contribution in [0.4, 0.5) is 0 Å². The van der Waals surface area contributed by atoms with Gasteiger partial charge in [-0.05, 0) is 6.42 Å². The first-order valence-corrected chi connectivity index (χ1v) is 7.01. The number of carboxylic acids is 1. The molecule has 0 spiro atoms. The Labute approximate surface area is 106 Å². The van der Waals surface area contributed by atoms with Crippen LogP contribution in [0.3, 0.4) is 0 Å². The van der Waals surface area contributed by atoms with Crippen LogP contribution in [0.2, 0.25) is 0 Å². The molecule has 0 saturated carbocycles. The highest BCUT2D eigenvalue weighted by Gasteiger charge is 1.90. The molecule has 0 aromatic heterocycles. The number of hydrogen-bond donors (Lipinski definition) is 2. The fraction of sp³-hybridized carbons (Fsp3) is 0.929. The van der Waals surface area contributed by atoms with Gasteiger partial charge in [0.15, 0.2) is 0 Å². The third-order valence-corrected chi connectivity index (χ3v) is 2.56. The van der Waals surface area contributed by atoms with E-state index >= 15 is 0 Å². The Balaban J connectivity index is 0. The highest BCUT2D eigenvalue weighted by Crippen LogP contribution is 2.08. The van der Waals surface area contributed by atoms with Crippen molar-refractivity contribution < 1.29 is 15.0 Å². The van der Waals surface area contributed by atoms with E-state index in [9.17, 15) is 4.79 Å². The van der Waals surface area contributed by atoms with Crippen LogP contribution in [0, 0.1) is 0 Å². The molecule has 0 rings (SSSR count). The zero-order chi connectivity index (χ0) is 13.4. The molecule has 0 radical (unpaired) electrons. The summed E-state index contributed by atoms with van der Waals surface area (Å²) in [7, 11) is 0. The zero-order valence-corrected chi connectivity index (χ0v) is 11.6. The standard InChI is InChI=1S/C11H24O.C3H6O2/c1-2-3-4-5-6-7-8-9-10-11-12;1-2-3(4)5/h12H,2-11H2,1H3;2H2,1H3,(H,4,5). The van der Waals surface area contributed by atoms with Crippen LogP contribution in [0.1, 0.15) is 78.1 Å². The van der Waals surface area contributed by atoms with Crippen molar-refractivity contribution in [3.05, 3.63) is 0 Å². The summed E-state index contributed by atoms with van der Waals surface area (Å²) in [5, 5.41) is 16.3. The second-order valence-electron chi connectivity index (χ2n) is 4.30. The van der Waals surface area contributed by atoms with E-state index in [0.717, 1.165) is 6.42 Å². The van der Waals surface area contributed by atoms with Gasteiger partial charge < -0.3 is 10.2 Å². The van der Waals surface area contributed by atoms with Crippen LogP contribution in [-0.4, -0.2) is 22.8 Å². The minimum atomic E-state index is -0.745. The van der Waals surface area contributed by atoms with Gasteiger partial charge in [-0.1, -0.05) is 65.2 Å². The zero-order valence-electron chi connectivity index (χ0n) is 11.6. The molecule has 0 atom stereocenters. The first kappa shape index (κ1) is 18.8. The van der Waals surface area contributed by atoms with Crippen molar-refractivity contribution in [2.24, 2.45) is 0 Å². The highest BCUT2D eigenvalue weighted by atomic mass is 16.4. The number of carboxylic acid groups (broad SMARTS) is 1. The summed E-state index contributed by atoms with van der Waals surface area (Å²) in [6, 6.07) is 0. The predicted molar refractivity (Wildman–Crippen MR) is 72.2 cm³/mol. The summed E-state index contributed by atoms with van der Waals surface area (Å²) < 4.78 is 0. The van der Waals surface area contributed by atoms with E-state index in [-0.39, 0.29) is 6.42 Å². The van der Waals surface area contributed by atoms with Gasteiger partial charge in [0.1, 0.15) is 0 Å². The van der Waals surface area contributed by atoms with Gasteiger partial charge in [-0.25, -0.2) is 0 Å². The average Bonchev–Trinajstić information content (AvgIpc) is 2.33. The van der Waals surface area contributed by atoms with Crippen LogP contribution in [0.15, 0.2) is 0 Å². The molecule has 0 aromatic carbocycles. The van der Waals surface area contributed by atoms with E-state index in [1.54, 1.807) is 6.92 Å². The van der Waals surface area contributed by atoms with E-state index < -0.39 is 5.97 Å². The second kappa shape index (κ2) is 17.8. The van der Waals surface area contributed by atoms with Crippen LogP contribution in [-0.2, 0) is 4.79 Å². The number of rotatable bonds is 10. The number of carbonyl (C=O) groups is 1. The lowest BCUT2D eigenvalue weighted by Crippen LogP contribution is -1.86. The van der Waals surface area contributed by atoms with E-state index in [1.807, 2.05) is 0 Å². The number of aliphatic carboxylic acids is 1. The van der Waals surface area contributed by atoms with Gasteiger partial charge >= 0.3 is 5.97 Å². The van der Waals surface area contributed by atoms with Crippen LogP contribution >= 0.6 is 0 Å². The minimum absolute atomic E-state index is 0.222. The quantitative estimate of drug-likeness (QED) is 0.573. The average molecular weight is 246 g/mol. The number of aliphatic hydroxyl groups is 1. The molecule has 3 nitrogen and oxygen atoms in total. The van der Waals surface area contributed by atoms with Crippen molar-refractivity contribution in [1.29, 1.82) is 0 Å². The third-order valence-electron chi connectivity index (χ3n) is 2.56. The summed E-state index contributed by atoms with van der Waals surface area (Å²) in [6.45, 7) is 4.22. The number of unbranched alkanes of at least 4 members (excludes halogenated alkanes) is 8. The van der Waals surface area contributed by atoms with E-state index in [2.05, 4.69) is 6.92 Å². The molecule has 0 bridgehead atoms. The van der Waals surface area contributed by atoms with E-state index in [0.29, 0.717) is 6.61 Å². The predicted octanol–water partition coefficient (Wildman–Crippen LogP) is 3.99. The van der Waals surface area contributed by atoms with Gasteiger partial charge in [-0.2, -0.15) is 0 Å². The van der Waals surface area contributed by atoms with Crippen molar-refractivity contribution in [2.75, 3.05) is 6.61 Å². The molecule has 0 heterocycles. The van der Waals surface area contributed by atoms with Crippen LogP contribution < -0.4 is 0 Å². The summed E-state index contributed by atoms with van der Waals surface area (Å²) >= 11 is 0. The van der Waals surface area contributed by atoms with E-state index in [4.69, 9.17) is 10.2 Å². The molecule has 0 saturated heterocycles. The minimum Gasteiger partial charge on any atom is -0.481 e. The molecular weight excluding hydrogens is 216 g/mol. The smallest absolute Gasteiger partial charge is 0.303 e. The lowest BCUT2D eigenvalue weighted by atomic mass is 10.1. The molecule has 0 fully saturated rings. The topological polar surface area (TPSA) is 57.5 Å². The third kappa shape index (κ3) is 25.6. The van der Waals surface area contributed by atoms with Crippen LogP contribution in [0.5, 0.6) is 0 Å². The monoisotopic (exact) mass is 246 g/mol. The molecule has 0 aliphatic carbocycles. The van der Waals surface area contributed by atoms with Crippen molar-refractivity contribution in [1.82, 2.24) is 0 Å². The van der Waals surface area contributed by atoms with Crippen molar-refractivity contribution in [3.63, 3.8) is 0 Å². The van der Waals surface area contributed by atoms with Crippen molar-refractivity contribution in [3.8, 4) is 0 Å². The summed E-state index contributed by atoms with van der Waals surface area (Å²) in [4.78, 5) is 9.37. The van der Waals surface area contributed by atoms with E-state index in [1.165, 1.54) is 51.4 Å².